The second-order valence-corrected chi connectivity index (χ2v) is 2.87. The molecule has 0 aliphatic carbocycles. The van der Waals surface area contributed by atoms with Gasteiger partial charge in [-0.15, -0.1) is 0 Å². The van der Waals surface area contributed by atoms with Crippen molar-refractivity contribution in [2.75, 3.05) is 13.2 Å². The van der Waals surface area contributed by atoms with Crippen LogP contribution in [0.15, 0.2) is 18.5 Å². The number of pyridine rings is 1. The summed E-state index contributed by atoms with van der Waals surface area (Å²) in [7, 11) is 0. The summed E-state index contributed by atoms with van der Waals surface area (Å²) < 4.78 is 9.76. The lowest BCUT2D eigenvalue weighted by molar-refractivity contribution is -0.145. The number of carbonyl (C=O) groups is 1. The summed E-state index contributed by atoms with van der Waals surface area (Å²) in [5.74, 6) is 0.0398. The molecule has 0 aliphatic heterocycles. The van der Waals surface area contributed by atoms with Crippen molar-refractivity contribution in [3.8, 4) is 5.75 Å². The molecule has 0 radical (unpaired) electrons. The molecule has 0 unspecified atom stereocenters. The van der Waals surface area contributed by atoms with Gasteiger partial charge in [-0.3, -0.25) is 4.98 Å². The van der Waals surface area contributed by atoms with Gasteiger partial charge in [-0.05, 0) is 6.92 Å². The van der Waals surface area contributed by atoms with Crippen molar-refractivity contribution >= 4 is 17.6 Å². The summed E-state index contributed by atoms with van der Waals surface area (Å²) in [6, 6.07) is 1.58. The van der Waals surface area contributed by atoms with E-state index in [1.54, 1.807) is 13.0 Å². The number of esters is 1. The lowest BCUT2D eigenvalue weighted by Crippen LogP contribution is -2.14. The second kappa shape index (κ2) is 5.44. The van der Waals surface area contributed by atoms with E-state index in [1.165, 1.54) is 12.4 Å². The van der Waals surface area contributed by atoms with Crippen LogP contribution in [0.4, 0.5) is 0 Å². The van der Waals surface area contributed by atoms with Gasteiger partial charge in [0.15, 0.2) is 6.61 Å². The van der Waals surface area contributed by atoms with Crippen LogP contribution in [0.5, 0.6) is 5.75 Å². The first-order valence-corrected chi connectivity index (χ1v) is 4.49. The van der Waals surface area contributed by atoms with E-state index in [4.69, 9.17) is 16.3 Å². The van der Waals surface area contributed by atoms with E-state index in [0.717, 1.165) is 0 Å². The van der Waals surface area contributed by atoms with Gasteiger partial charge < -0.3 is 9.47 Å². The molecule has 5 heteroatoms. The Hall–Kier alpha value is -1.29. The molecule has 1 aromatic heterocycles. The molecule has 4 nitrogen and oxygen atoms in total. The van der Waals surface area contributed by atoms with Crippen molar-refractivity contribution in [1.82, 2.24) is 4.98 Å². The molecule has 0 N–H and O–H groups in total. The molecule has 1 aromatic rings. The SMILES string of the molecule is CCOC(=O)COc1cncc(Cl)c1. The lowest BCUT2D eigenvalue weighted by atomic mass is 10.4. The fourth-order valence-corrected chi connectivity index (χ4v) is 0.980. The number of carbonyl (C=O) groups excluding carboxylic acids is 1. The molecule has 0 fully saturated rings. The zero-order valence-electron chi connectivity index (χ0n) is 7.70. The lowest BCUT2D eigenvalue weighted by Gasteiger charge is -2.04. The molecule has 76 valence electrons. The minimum absolute atomic E-state index is 0.129. The van der Waals surface area contributed by atoms with Crippen LogP contribution >= 0.6 is 11.6 Å². The van der Waals surface area contributed by atoms with E-state index in [-0.39, 0.29) is 6.61 Å². The van der Waals surface area contributed by atoms with Crippen LogP contribution in [0.1, 0.15) is 6.92 Å². The maximum Gasteiger partial charge on any atom is 0.344 e. The number of halogens is 1. The Labute approximate surface area is 86.8 Å². The molecule has 0 atom stereocenters. The van der Waals surface area contributed by atoms with E-state index in [9.17, 15) is 4.79 Å². The van der Waals surface area contributed by atoms with Gasteiger partial charge in [0.2, 0.25) is 0 Å². The molecule has 0 saturated carbocycles. The average molecular weight is 216 g/mol. The third-order valence-electron chi connectivity index (χ3n) is 1.34. The second-order valence-electron chi connectivity index (χ2n) is 2.43. The highest BCUT2D eigenvalue weighted by Gasteiger charge is 2.03. The van der Waals surface area contributed by atoms with E-state index < -0.39 is 5.97 Å². The van der Waals surface area contributed by atoms with Crippen LogP contribution in [0, 0.1) is 0 Å². The first-order valence-electron chi connectivity index (χ1n) is 4.11. The topological polar surface area (TPSA) is 48.4 Å². The van der Waals surface area contributed by atoms with Gasteiger partial charge in [0.1, 0.15) is 5.75 Å². The molecule has 0 spiro atoms. The van der Waals surface area contributed by atoms with E-state index in [1.807, 2.05) is 0 Å². The summed E-state index contributed by atoms with van der Waals surface area (Å²) >= 11 is 5.66. The molecule has 0 saturated heterocycles. The molecular formula is C9H10ClNO3. The highest BCUT2D eigenvalue weighted by Crippen LogP contribution is 2.14. The highest BCUT2D eigenvalue weighted by molar-refractivity contribution is 6.30. The Morgan fingerprint density at radius 3 is 3.00 bits per heavy atom. The first kappa shape index (κ1) is 10.8. The number of hydrogen-bond acceptors (Lipinski definition) is 4. The number of rotatable bonds is 4. The van der Waals surface area contributed by atoms with E-state index in [0.29, 0.717) is 17.4 Å². The summed E-state index contributed by atoms with van der Waals surface area (Å²) in [5.41, 5.74) is 0. The normalized spacial score (nSPS) is 9.57. The summed E-state index contributed by atoms with van der Waals surface area (Å²) in [6.07, 6.45) is 2.96. The fraction of sp³-hybridized carbons (Fsp3) is 0.333. The van der Waals surface area contributed by atoms with E-state index >= 15 is 0 Å². The van der Waals surface area contributed by atoms with Gasteiger partial charge >= 0.3 is 5.97 Å². The molecule has 0 bridgehead atoms. The van der Waals surface area contributed by atoms with E-state index in [2.05, 4.69) is 9.72 Å². The van der Waals surface area contributed by atoms with Crippen molar-refractivity contribution in [2.45, 2.75) is 6.92 Å². The molecule has 1 rings (SSSR count). The Balaban J connectivity index is 2.41. The van der Waals surface area contributed by atoms with Crippen molar-refractivity contribution < 1.29 is 14.3 Å². The number of ether oxygens (including phenoxy) is 2. The van der Waals surface area contributed by atoms with Crippen molar-refractivity contribution in [3.63, 3.8) is 0 Å². The minimum Gasteiger partial charge on any atom is -0.480 e. The predicted octanol–water partition coefficient (Wildman–Crippen LogP) is 1.68. The number of nitrogens with zero attached hydrogens (tertiary/aromatic N) is 1. The average Bonchev–Trinajstić information content (AvgIpc) is 2.15. The minimum atomic E-state index is -0.410. The Bertz CT molecular complexity index is 317. The van der Waals surface area contributed by atoms with Crippen LogP contribution in [0.3, 0.4) is 0 Å². The summed E-state index contributed by atoms with van der Waals surface area (Å²) in [5, 5.41) is 0.464. The maximum absolute atomic E-state index is 10.9. The van der Waals surface area contributed by atoms with Crippen LogP contribution in [-0.2, 0) is 9.53 Å². The zero-order valence-corrected chi connectivity index (χ0v) is 8.45. The fourth-order valence-electron chi connectivity index (χ4n) is 0.816. The smallest absolute Gasteiger partial charge is 0.344 e. The Morgan fingerprint density at radius 2 is 2.36 bits per heavy atom. The molecule has 0 amide bonds. The first-order chi connectivity index (χ1) is 6.72. The molecule has 14 heavy (non-hydrogen) atoms. The zero-order chi connectivity index (χ0) is 10.4. The van der Waals surface area contributed by atoms with Crippen LogP contribution < -0.4 is 4.74 Å². The monoisotopic (exact) mass is 215 g/mol. The molecular weight excluding hydrogens is 206 g/mol. The summed E-state index contributed by atoms with van der Waals surface area (Å²) in [6.45, 7) is 1.95. The largest absolute Gasteiger partial charge is 0.480 e. The van der Waals surface area contributed by atoms with Crippen molar-refractivity contribution in [1.29, 1.82) is 0 Å². The van der Waals surface area contributed by atoms with Gasteiger partial charge in [-0.1, -0.05) is 11.6 Å². The Morgan fingerprint density at radius 1 is 1.57 bits per heavy atom. The molecule has 1 heterocycles. The maximum atomic E-state index is 10.9. The highest BCUT2D eigenvalue weighted by atomic mass is 35.5. The summed E-state index contributed by atoms with van der Waals surface area (Å²) in [4.78, 5) is 14.7. The van der Waals surface area contributed by atoms with Gasteiger partial charge in [0.05, 0.1) is 17.8 Å². The van der Waals surface area contributed by atoms with Crippen LogP contribution in [0.25, 0.3) is 0 Å². The van der Waals surface area contributed by atoms with Gasteiger partial charge in [0.25, 0.3) is 0 Å². The van der Waals surface area contributed by atoms with Crippen LogP contribution in [-0.4, -0.2) is 24.2 Å². The molecule has 0 aliphatic rings. The van der Waals surface area contributed by atoms with Crippen molar-refractivity contribution in [3.05, 3.63) is 23.5 Å². The number of aromatic nitrogens is 1. The standard InChI is InChI=1S/C9H10ClNO3/c1-2-13-9(12)6-14-8-3-7(10)4-11-5-8/h3-5H,2,6H2,1H3. The van der Waals surface area contributed by atoms with Gasteiger partial charge in [0, 0.05) is 12.3 Å². The third kappa shape index (κ3) is 3.62. The van der Waals surface area contributed by atoms with Gasteiger partial charge in [-0.25, -0.2) is 4.79 Å². The predicted molar refractivity (Wildman–Crippen MR) is 51.4 cm³/mol. The van der Waals surface area contributed by atoms with Crippen molar-refractivity contribution in [2.24, 2.45) is 0 Å². The van der Waals surface area contributed by atoms with Gasteiger partial charge in [-0.2, -0.15) is 0 Å². The Kier molecular flexibility index (Phi) is 4.19. The number of hydrogen-bond donors (Lipinski definition) is 0. The van der Waals surface area contributed by atoms with Crippen LogP contribution in [0.2, 0.25) is 5.02 Å². The molecule has 0 aromatic carbocycles. The quantitative estimate of drug-likeness (QED) is 0.717. The third-order valence-corrected chi connectivity index (χ3v) is 1.55.